The molecule has 0 bridgehead atoms. The van der Waals surface area contributed by atoms with Gasteiger partial charge in [-0.1, -0.05) is 0 Å². The van der Waals surface area contributed by atoms with E-state index in [-0.39, 0.29) is 18.0 Å². The van der Waals surface area contributed by atoms with Crippen LogP contribution in [-0.2, 0) is 4.79 Å². The number of nitrogens with one attached hydrogen (secondary N) is 1. The zero-order chi connectivity index (χ0) is 12.8. The summed E-state index contributed by atoms with van der Waals surface area (Å²) in [6.45, 7) is 8.49. The Hall–Kier alpha value is -1.26. The third-order valence-electron chi connectivity index (χ3n) is 3.21. The largest absolute Gasteiger partial charge is 0.353 e. The van der Waals surface area contributed by atoms with Gasteiger partial charge in [0.2, 0.25) is 5.91 Å². The first-order chi connectivity index (χ1) is 8.08. The van der Waals surface area contributed by atoms with Crippen LogP contribution in [0.1, 0.15) is 33.6 Å². The fourth-order valence-corrected chi connectivity index (χ4v) is 2.20. The van der Waals surface area contributed by atoms with Crippen LogP contribution in [0.2, 0.25) is 0 Å². The standard InChI is InChI=1S/C12H23N3O2/c1-4-14(5-2)12(17)15-8-6-11(7-9-15)13-10(3)16/h11H,4-9H2,1-3H3,(H,13,16). The second-order valence-corrected chi connectivity index (χ2v) is 4.42. The first-order valence-electron chi connectivity index (χ1n) is 6.39. The highest BCUT2D eigenvalue weighted by atomic mass is 16.2. The van der Waals surface area contributed by atoms with Crippen molar-refractivity contribution in [3.05, 3.63) is 0 Å². The molecule has 1 aliphatic heterocycles. The minimum atomic E-state index is 0.0125. The highest BCUT2D eigenvalue weighted by Crippen LogP contribution is 2.12. The van der Waals surface area contributed by atoms with E-state index in [9.17, 15) is 9.59 Å². The second kappa shape index (κ2) is 6.47. The van der Waals surface area contributed by atoms with Crippen LogP contribution in [0, 0.1) is 0 Å². The SMILES string of the molecule is CCN(CC)C(=O)N1CCC(NC(C)=O)CC1. The fourth-order valence-electron chi connectivity index (χ4n) is 2.20. The predicted octanol–water partition coefficient (Wildman–Crippen LogP) is 1.05. The zero-order valence-electron chi connectivity index (χ0n) is 11.0. The molecular formula is C12H23N3O2. The highest BCUT2D eigenvalue weighted by molar-refractivity contribution is 5.75. The van der Waals surface area contributed by atoms with E-state index in [4.69, 9.17) is 0 Å². The van der Waals surface area contributed by atoms with E-state index in [1.807, 2.05) is 23.6 Å². The molecule has 0 aromatic carbocycles. The molecule has 0 aliphatic carbocycles. The molecular weight excluding hydrogens is 218 g/mol. The summed E-state index contributed by atoms with van der Waals surface area (Å²) >= 11 is 0. The smallest absolute Gasteiger partial charge is 0.319 e. The Bertz CT molecular complexity index is 269. The lowest BCUT2D eigenvalue weighted by atomic mass is 10.1. The van der Waals surface area contributed by atoms with E-state index in [0.717, 1.165) is 39.0 Å². The summed E-state index contributed by atoms with van der Waals surface area (Å²) in [7, 11) is 0. The molecule has 0 unspecified atom stereocenters. The van der Waals surface area contributed by atoms with Crippen molar-refractivity contribution >= 4 is 11.9 Å². The lowest BCUT2D eigenvalue weighted by Gasteiger charge is -2.35. The Morgan fingerprint density at radius 3 is 2.18 bits per heavy atom. The number of amides is 3. The molecule has 0 spiro atoms. The Kier molecular flexibility index (Phi) is 5.25. The molecule has 1 aliphatic rings. The molecule has 3 amide bonds. The van der Waals surface area contributed by atoms with Gasteiger partial charge in [0.1, 0.15) is 0 Å². The molecule has 0 aromatic rings. The normalized spacial score (nSPS) is 16.8. The van der Waals surface area contributed by atoms with Crippen molar-refractivity contribution in [3.63, 3.8) is 0 Å². The van der Waals surface area contributed by atoms with Crippen molar-refractivity contribution in [2.75, 3.05) is 26.2 Å². The Balaban J connectivity index is 2.40. The first-order valence-corrected chi connectivity index (χ1v) is 6.39. The van der Waals surface area contributed by atoms with Gasteiger partial charge in [-0.15, -0.1) is 0 Å². The lowest BCUT2D eigenvalue weighted by Crippen LogP contribution is -2.50. The summed E-state index contributed by atoms with van der Waals surface area (Å²) in [4.78, 5) is 26.7. The Morgan fingerprint density at radius 1 is 1.24 bits per heavy atom. The molecule has 5 heteroatoms. The fraction of sp³-hybridized carbons (Fsp3) is 0.833. The van der Waals surface area contributed by atoms with Crippen molar-refractivity contribution in [1.82, 2.24) is 15.1 Å². The van der Waals surface area contributed by atoms with Gasteiger partial charge >= 0.3 is 6.03 Å². The Morgan fingerprint density at radius 2 is 1.76 bits per heavy atom. The summed E-state index contributed by atoms with van der Waals surface area (Å²) in [6.07, 6.45) is 1.71. The molecule has 0 saturated carbocycles. The van der Waals surface area contributed by atoms with Gasteiger partial charge in [-0.2, -0.15) is 0 Å². The van der Waals surface area contributed by atoms with Crippen LogP contribution in [0.3, 0.4) is 0 Å². The van der Waals surface area contributed by atoms with Crippen LogP contribution >= 0.6 is 0 Å². The number of carbonyl (C=O) groups excluding carboxylic acids is 2. The van der Waals surface area contributed by atoms with E-state index in [1.165, 1.54) is 6.92 Å². The molecule has 0 aromatic heterocycles. The van der Waals surface area contributed by atoms with Gasteiger partial charge < -0.3 is 15.1 Å². The zero-order valence-corrected chi connectivity index (χ0v) is 11.0. The van der Waals surface area contributed by atoms with Crippen LogP contribution in [0.15, 0.2) is 0 Å². The van der Waals surface area contributed by atoms with Crippen molar-refractivity contribution < 1.29 is 9.59 Å². The van der Waals surface area contributed by atoms with Crippen molar-refractivity contribution in [2.45, 2.75) is 39.7 Å². The van der Waals surface area contributed by atoms with Crippen molar-refractivity contribution in [3.8, 4) is 0 Å². The number of hydrogen-bond donors (Lipinski definition) is 1. The van der Waals surface area contributed by atoms with Crippen molar-refractivity contribution in [1.29, 1.82) is 0 Å². The van der Waals surface area contributed by atoms with Gasteiger partial charge in [0.25, 0.3) is 0 Å². The van der Waals surface area contributed by atoms with E-state index < -0.39 is 0 Å². The molecule has 1 heterocycles. The molecule has 1 N–H and O–H groups in total. The number of likely N-dealkylation sites (tertiary alicyclic amines) is 1. The molecule has 0 radical (unpaired) electrons. The average molecular weight is 241 g/mol. The van der Waals surface area contributed by atoms with Crippen LogP contribution in [0.25, 0.3) is 0 Å². The molecule has 1 fully saturated rings. The summed E-state index contributed by atoms with van der Waals surface area (Å²) in [6, 6.07) is 0.351. The maximum absolute atomic E-state index is 12.1. The topological polar surface area (TPSA) is 52.7 Å². The third kappa shape index (κ3) is 3.91. The van der Waals surface area contributed by atoms with Gasteiger partial charge in [-0.3, -0.25) is 4.79 Å². The number of rotatable bonds is 3. The molecule has 1 saturated heterocycles. The minimum absolute atomic E-state index is 0.0125. The van der Waals surface area contributed by atoms with Crippen LogP contribution in [0.4, 0.5) is 4.79 Å². The molecule has 1 rings (SSSR count). The molecule has 0 atom stereocenters. The van der Waals surface area contributed by atoms with E-state index in [2.05, 4.69) is 5.32 Å². The number of hydrogen-bond acceptors (Lipinski definition) is 2. The van der Waals surface area contributed by atoms with Crippen LogP contribution in [0.5, 0.6) is 0 Å². The molecule has 98 valence electrons. The summed E-state index contributed by atoms with van der Waals surface area (Å²) in [5.74, 6) is 0.0125. The summed E-state index contributed by atoms with van der Waals surface area (Å²) < 4.78 is 0. The number of nitrogens with zero attached hydrogens (tertiary/aromatic N) is 2. The number of urea groups is 1. The Labute approximate surface area is 103 Å². The van der Waals surface area contributed by atoms with Gasteiger partial charge in [0.05, 0.1) is 0 Å². The quantitative estimate of drug-likeness (QED) is 0.803. The van der Waals surface area contributed by atoms with Gasteiger partial charge in [0, 0.05) is 39.1 Å². The van der Waals surface area contributed by atoms with Crippen molar-refractivity contribution in [2.24, 2.45) is 0 Å². The third-order valence-corrected chi connectivity index (χ3v) is 3.21. The maximum Gasteiger partial charge on any atom is 0.319 e. The minimum Gasteiger partial charge on any atom is -0.353 e. The van der Waals surface area contributed by atoms with Gasteiger partial charge in [0.15, 0.2) is 0 Å². The van der Waals surface area contributed by atoms with E-state index in [1.54, 1.807) is 0 Å². The van der Waals surface area contributed by atoms with Crippen LogP contribution in [-0.4, -0.2) is 54.0 Å². The number of piperidine rings is 1. The first kappa shape index (κ1) is 13.8. The van der Waals surface area contributed by atoms with Gasteiger partial charge in [-0.05, 0) is 26.7 Å². The second-order valence-electron chi connectivity index (χ2n) is 4.42. The van der Waals surface area contributed by atoms with Crippen LogP contribution < -0.4 is 5.32 Å². The maximum atomic E-state index is 12.1. The number of carbonyl (C=O) groups is 2. The predicted molar refractivity (Wildman–Crippen MR) is 66.7 cm³/mol. The summed E-state index contributed by atoms with van der Waals surface area (Å²) in [5, 5.41) is 2.91. The highest BCUT2D eigenvalue weighted by Gasteiger charge is 2.25. The monoisotopic (exact) mass is 241 g/mol. The summed E-state index contributed by atoms with van der Waals surface area (Å²) in [5.41, 5.74) is 0. The van der Waals surface area contributed by atoms with E-state index in [0.29, 0.717) is 0 Å². The van der Waals surface area contributed by atoms with E-state index >= 15 is 0 Å². The van der Waals surface area contributed by atoms with Gasteiger partial charge in [-0.25, -0.2) is 4.79 Å². The molecule has 5 nitrogen and oxygen atoms in total. The average Bonchev–Trinajstić information content (AvgIpc) is 2.30. The molecule has 17 heavy (non-hydrogen) atoms. The lowest BCUT2D eigenvalue weighted by molar-refractivity contribution is -0.119.